The summed E-state index contributed by atoms with van der Waals surface area (Å²) in [5, 5.41) is 3.41. The molecule has 3 heterocycles. The first-order valence-electron chi connectivity index (χ1n) is 8.77. The van der Waals surface area contributed by atoms with Gasteiger partial charge >= 0.3 is 0 Å². The van der Waals surface area contributed by atoms with E-state index in [1.807, 2.05) is 25.1 Å². The summed E-state index contributed by atoms with van der Waals surface area (Å²) in [6.45, 7) is 2.55. The van der Waals surface area contributed by atoms with Gasteiger partial charge in [0, 0.05) is 13.1 Å². The number of para-hydroxylation sites is 1. The SMILES string of the molecule is Cc1cccc2sc(NC(=O)C3CCCN(S(=O)(=O)c4ccc(Cl)s4)C3)nc12. The first kappa shape index (κ1) is 19.8. The Morgan fingerprint density at radius 1 is 1.29 bits per heavy atom. The van der Waals surface area contributed by atoms with Crippen molar-refractivity contribution in [3.63, 3.8) is 0 Å². The van der Waals surface area contributed by atoms with Crippen molar-refractivity contribution >= 4 is 65.6 Å². The number of benzene rings is 1. The van der Waals surface area contributed by atoms with Crippen molar-refractivity contribution in [1.82, 2.24) is 9.29 Å². The molecule has 28 heavy (non-hydrogen) atoms. The molecule has 1 amide bonds. The van der Waals surface area contributed by atoms with Crippen LogP contribution in [0, 0.1) is 12.8 Å². The molecule has 10 heteroatoms. The number of thiophene rings is 1. The molecule has 3 aromatic rings. The molecular formula is C18H18ClN3O3S3. The van der Waals surface area contributed by atoms with E-state index in [9.17, 15) is 13.2 Å². The molecule has 0 spiro atoms. The maximum Gasteiger partial charge on any atom is 0.252 e. The Hall–Kier alpha value is -1.52. The number of carbonyl (C=O) groups excluding carboxylic acids is 1. The Morgan fingerprint density at radius 2 is 2.11 bits per heavy atom. The third-order valence-corrected chi connectivity index (χ3v) is 9.25. The Labute approximate surface area is 176 Å². The van der Waals surface area contributed by atoms with Crippen molar-refractivity contribution in [3.8, 4) is 0 Å². The van der Waals surface area contributed by atoms with Crippen LogP contribution in [-0.2, 0) is 14.8 Å². The topological polar surface area (TPSA) is 79.4 Å². The monoisotopic (exact) mass is 455 g/mol. The second-order valence-electron chi connectivity index (χ2n) is 6.69. The molecule has 0 radical (unpaired) electrons. The maximum absolute atomic E-state index is 12.8. The molecular weight excluding hydrogens is 438 g/mol. The Morgan fingerprint density at radius 3 is 2.82 bits per heavy atom. The average Bonchev–Trinajstić information content (AvgIpc) is 3.29. The Balaban J connectivity index is 1.49. The quantitative estimate of drug-likeness (QED) is 0.633. The molecule has 0 aliphatic carbocycles. The zero-order valence-corrected chi connectivity index (χ0v) is 18.2. The number of fused-ring (bicyclic) bond motifs is 1. The van der Waals surface area contributed by atoms with Gasteiger partial charge in [0.2, 0.25) is 5.91 Å². The van der Waals surface area contributed by atoms with Gasteiger partial charge in [0.25, 0.3) is 10.0 Å². The predicted octanol–water partition coefficient (Wildman–Crippen LogP) is 4.36. The number of sulfonamides is 1. The first-order chi connectivity index (χ1) is 13.3. The lowest BCUT2D eigenvalue weighted by Crippen LogP contribution is -2.43. The highest BCUT2D eigenvalue weighted by Gasteiger charge is 2.34. The van der Waals surface area contributed by atoms with Gasteiger partial charge in [-0.1, -0.05) is 35.1 Å². The highest BCUT2D eigenvalue weighted by Crippen LogP contribution is 2.32. The van der Waals surface area contributed by atoms with Gasteiger partial charge in [-0.3, -0.25) is 4.79 Å². The van der Waals surface area contributed by atoms with E-state index in [0.717, 1.165) is 27.1 Å². The molecule has 0 bridgehead atoms. The van der Waals surface area contributed by atoms with Gasteiger partial charge in [-0.2, -0.15) is 4.31 Å². The van der Waals surface area contributed by atoms with Gasteiger partial charge in [-0.15, -0.1) is 11.3 Å². The fourth-order valence-corrected chi connectivity index (χ4v) is 7.39. The molecule has 1 fully saturated rings. The number of piperidine rings is 1. The van der Waals surface area contributed by atoms with Crippen LogP contribution < -0.4 is 5.32 Å². The van der Waals surface area contributed by atoms with Crippen LogP contribution >= 0.6 is 34.3 Å². The summed E-state index contributed by atoms with van der Waals surface area (Å²) >= 11 is 8.34. The van der Waals surface area contributed by atoms with Gasteiger partial charge in [0.1, 0.15) is 4.21 Å². The van der Waals surface area contributed by atoms with Crippen LogP contribution in [-0.4, -0.2) is 36.7 Å². The van der Waals surface area contributed by atoms with E-state index in [2.05, 4.69) is 10.3 Å². The van der Waals surface area contributed by atoms with Crippen LogP contribution in [0.1, 0.15) is 18.4 Å². The zero-order chi connectivity index (χ0) is 19.9. The summed E-state index contributed by atoms with van der Waals surface area (Å²) in [4.78, 5) is 17.3. The summed E-state index contributed by atoms with van der Waals surface area (Å²) in [5.74, 6) is -0.604. The predicted molar refractivity (Wildman–Crippen MR) is 114 cm³/mol. The van der Waals surface area contributed by atoms with Crippen LogP contribution in [0.5, 0.6) is 0 Å². The number of aryl methyl sites for hydroxylation is 1. The van der Waals surface area contributed by atoms with Crippen molar-refractivity contribution < 1.29 is 13.2 Å². The van der Waals surface area contributed by atoms with Crippen LogP contribution in [0.2, 0.25) is 4.34 Å². The van der Waals surface area contributed by atoms with Crippen molar-refractivity contribution in [1.29, 1.82) is 0 Å². The molecule has 0 saturated carbocycles. The molecule has 4 rings (SSSR count). The smallest absolute Gasteiger partial charge is 0.252 e. The van der Waals surface area contributed by atoms with E-state index < -0.39 is 15.9 Å². The van der Waals surface area contributed by atoms with E-state index in [0.29, 0.717) is 28.9 Å². The van der Waals surface area contributed by atoms with E-state index >= 15 is 0 Å². The summed E-state index contributed by atoms with van der Waals surface area (Å²) in [5.41, 5.74) is 1.93. The Bertz CT molecular complexity index is 1140. The van der Waals surface area contributed by atoms with E-state index in [1.54, 1.807) is 6.07 Å². The minimum absolute atomic E-state index is 0.160. The average molecular weight is 456 g/mol. The number of nitrogens with zero attached hydrogens (tertiary/aromatic N) is 2. The van der Waals surface area contributed by atoms with Gasteiger partial charge in [0.05, 0.1) is 20.5 Å². The van der Waals surface area contributed by atoms with Gasteiger partial charge < -0.3 is 5.32 Å². The Kier molecular flexibility index (Phi) is 5.45. The van der Waals surface area contributed by atoms with E-state index in [-0.39, 0.29) is 16.7 Å². The number of rotatable bonds is 4. The van der Waals surface area contributed by atoms with Gasteiger partial charge in [-0.25, -0.2) is 13.4 Å². The maximum atomic E-state index is 12.8. The lowest BCUT2D eigenvalue weighted by atomic mass is 9.99. The molecule has 1 saturated heterocycles. The minimum atomic E-state index is -3.63. The largest absolute Gasteiger partial charge is 0.302 e. The molecule has 1 atom stereocenters. The lowest BCUT2D eigenvalue weighted by molar-refractivity contribution is -0.120. The number of carbonyl (C=O) groups is 1. The third kappa shape index (κ3) is 3.81. The second-order valence-corrected chi connectivity index (χ2v) is 11.6. The molecule has 1 aromatic carbocycles. The number of anilines is 1. The highest BCUT2D eigenvalue weighted by molar-refractivity contribution is 7.91. The molecule has 2 aromatic heterocycles. The van der Waals surface area contributed by atoms with Crippen molar-refractivity contribution in [2.75, 3.05) is 18.4 Å². The van der Waals surface area contributed by atoms with Crippen molar-refractivity contribution in [2.45, 2.75) is 24.0 Å². The fraction of sp³-hybridized carbons (Fsp3) is 0.333. The number of amides is 1. The summed E-state index contributed by atoms with van der Waals surface area (Å²) in [6.07, 6.45) is 1.28. The highest BCUT2D eigenvalue weighted by atomic mass is 35.5. The van der Waals surface area contributed by atoms with E-state index in [1.165, 1.54) is 21.7 Å². The molecule has 6 nitrogen and oxygen atoms in total. The molecule has 1 aliphatic heterocycles. The molecule has 1 aliphatic rings. The van der Waals surface area contributed by atoms with Gasteiger partial charge in [0.15, 0.2) is 5.13 Å². The number of halogens is 1. The molecule has 1 unspecified atom stereocenters. The van der Waals surface area contributed by atoms with Crippen LogP contribution in [0.15, 0.2) is 34.5 Å². The third-order valence-electron chi connectivity index (χ3n) is 4.75. The second kappa shape index (κ2) is 7.72. The minimum Gasteiger partial charge on any atom is -0.302 e. The van der Waals surface area contributed by atoms with E-state index in [4.69, 9.17) is 11.6 Å². The molecule has 1 N–H and O–H groups in total. The fourth-order valence-electron chi connectivity index (χ4n) is 3.29. The zero-order valence-electron chi connectivity index (χ0n) is 15.0. The standard InChI is InChI=1S/C18H18ClN3O3S3/c1-11-4-2-6-13-16(11)20-18(26-13)21-17(23)12-5-3-9-22(10-12)28(24,25)15-8-7-14(19)27-15/h2,4,6-8,12H,3,5,9-10H2,1H3,(H,20,21,23). The van der Waals surface area contributed by atoms with Crippen LogP contribution in [0.25, 0.3) is 10.2 Å². The lowest BCUT2D eigenvalue weighted by Gasteiger charge is -2.30. The number of hydrogen-bond donors (Lipinski definition) is 1. The number of thiazole rings is 1. The summed E-state index contributed by atoms with van der Waals surface area (Å²) < 4.78 is 28.7. The number of aromatic nitrogens is 1. The number of nitrogens with one attached hydrogen (secondary N) is 1. The van der Waals surface area contributed by atoms with Crippen molar-refractivity contribution in [3.05, 3.63) is 40.2 Å². The summed E-state index contributed by atoms with van der Waals surface area (Å²) in [7, 11) is -3.63. The normalized spacial score (nSPS) is 18.4. The summed E-state index contributed by atoms with van der Waals surface area (Å²) in [6, 6.07) is 8.99. The first-order valence-corrected chi connectivity index (χ1v) is 12.2. The van der Waals surface area contributed by atoms with Gasteiger partial charge in [-0.05, 0) is 43.5 Å². The van der Waals surface area contributed by atoms with Crippen LogP contribution in [0.4, 0.5) is 5.13 Å². The van der Waals surface area contributed by atoms with Crippen LogP contribution in [0.3, 0.4) is 0 Å². The van der Waals surface area contributed by atoms with Crippen molar-refractivity contribution in [2.24, 2.45) is 5.92 Å². The number of hydrogen-bond acceptors (Lipinski definition) is 6. The molecule has 148 valence electrons.